The van der Waals surface area contributed by atoms with Crippen LogP contribution in [0.25, 0.3) is 28.3 Å². The molecular formula is C23H23ClN10O2. The minimum absolute atomic E-state index is 0.110. The molecule has 6 rings (SSSR count). The van der Waals surface area contributed by atoms with Crippen molar-refractivity contribution in [1.82, 2.24) is 39.2 Å². The molecule has 1 aliphatic heterocycles. The third kappa shape index (κ3) is 4.20. The minimum Gasteiger partial charge on any atom is -0.461 e. The fourth-order valence-corrected chi connectivity index (χ4v) is 4.40. The zero-order valence-electron chi connectivity index (χ0n) is 19.2. The van der Waals surface area contributed by atoms with E-state index in [4.69, 9.17) is 21.8 Å². The molecule has 0 radical (unpaired) electrons. The number of piperazine rings is 1. The van der Waals surface area contributed by atoms with Crippen molar-refractivity contribution in [3.05, 3.63) is 53.9 Å². The van der Waals surface area contributed by atoms with E-state index in [-0.39, 0.29) is 12.0 Å². The number of rotatable bonds is 5. The maximum atomic E-state index is 12.6. The molecule has 4 aromatic heterocycles. The van der Waals surface area contributed by atoms with Crippen LogP contribution in [0.5, 0.6) is 0 Å². The number of nitrogens with zero attached hydrogens (tertiary/aromatic N) is 8. The number of nitrogens with two attached hydrogens (primary N) is 1. The van der Waals surface area contributed by atoms with E-state index >= 15 is 0 Å². The Balaban J connectivity index is 1.10. The molecule has 1 saturated heterocycles. The van der Waals surface area contributed by atoms with Crippen LogP contribution in [-0.2, 0) is 6.54 Å². The van der Waals surface area contributed by atoms with E-state index in [2.05, 4.69) is 30.4 Å². The van der Waals surface area contributed by atoms with Gasteiger partial charge in [0.15, 0.2) is 17.1 Å². The molecular weight excluding hydrogens is 484 g/mol. The molecule has 184 valence electrons. The standard InChI is InChI=1S/C23H23ClN10O2/c24-15-3-5-16(6-4-15)27-23(35)32-10-7-31(8-11-32)9-12-33-20-17(14-26-33)21-28-19(18-2-1-13-36-18)30-34(21)22(25)29-20/h1-6,13-14H,7-12H2,(H2,25,29)(H,27,35). The smallest absolute Gasteiger partial charge is 0.321 e. The number of halogens is 1. The number of benzene rings is 1. The second-order valence-corrected chi connectivity index (χ2v) is 8.93. The molecule has 36 heavy (non-hydrogen) atoms. The van der Waals surface area contributed by atoms with Crippen LogP contribution in [0.15, 0.2) is 53.3 Å². The van der Waals surface area contributed by atoms with E-state index in [9.17, 15) is 4.79 Å². The van der Waals surface area contributed by atoms with E-state index in [1.165, 1.54) is 4.52 Å². The number of fused-ring (bicyclic) bond motifs is 3. The van der Waals surface area contributed by atoms with Crippen molar-refractivity contribution < 1.29 is 9.21 Å². The number of nitrogens with one attached hydrogen (secondary N) is 1. The van der Waals surface area contributed by atoms with Crippen LogP contribution in [0.1, 0.15) is 0 Å². The topological polar surface area (TPSA) is 136 Å². The summed E-state index contributed by atoms with van der Waals surface area (Å²) in [6.45, 7) is 4.21. The van der Waals surface area contributed by atoms with E-state index in [0.717, 1.165) is 30.7 Å². The van der Waals surface area contributed by atoms with Gasteiger partial charge in [-0.2, -0.15) is 14.6 Å². The summed E-state index contributed by atoms with van der Waals surface area (Å²) in [5, 5.41) is 13.3. The van der Waals surface area contributed by atoms with Gasteiger partial charge in [0.2, 0.25) is 11.8 Å². The highest BCUT2D eigenvalue weighted by Crippen LogP contribution is 2.23. The number of amides is 2. The Morgan fingerprint density at radius 1 is 1.06 bits per heavy atom. The number of carbonyl (C=O) groups is 1. The van der Waals surface area contributed by atoms with Crippen molar-refractivity contribution in [2.24, 2.45) is 0 Å². The number of urea groups is 1. The van der Waals surface area contributed by atoms with Gasteiger partial charge in [0, 0.05) is 43.4 Å². The first-order valence-corrected chi connectivity index (χ1v) is 11.9. The van der Waals surface area contributed by atoms with Gasteiger partial charge < -0.3 is 20.4 Å². The van der Waals surface area contributed by atoms with Gasteiger partial charge in [0.1, 0.15) is 0 Å². The first-order chi connectivity index (χ1) is 17.5. The van der Waals surface area contributed by atoms with Crippen molar-refractivity contribution in [3.63, 3.8) is 0 Å². The molecule has 12 nitrogen and oxygen atoms in total. The van der Waals surface area contributed by atoms with Crippen LogP contribution < -0.4 is 11.1 Å². The third-order valence-corrected chi connectivity index (χ3v) is 6.47. The highest BCUT2D eigenvalue weighted by molar-refractivity contribution is 6.30. The first-order valence-electron chi connectivity index (χ1n) is 11.5. The summed E-state index contributed by atoms with van der Waals surface area (Å²) in [6, 6.07) is 10.5. The van der Waals surface area contributed by atoms with E-state index in [1.54, 1.807) is 48.9 Å². The van der Waals surface area contributed by atoms with Crippen LogP contribution in [0.3, 0.4) is 0 Å². The number of hydrogen-bond acceptors (Lipinski definition) is 8. The molecule has 0 unspecified atom stereocenters. The maximum absolute atomic E-state index is 12.6. The summed E-state index contributed by atoms with van der Waals surface area (Å²) in [5.74, 6) is 1.22. The van der Waals surface area contributed by atoms with E-state index < -0.39 is 0 Å². The highest BCUT2D eigenvalue weighted by atomic mass is 35.5. The quantitative estimate of drug-likeness (QED) is 0.371. The summed E-state index contributed by atoms with van der Waals surface area (Å²) < 4.78 is 8.74. The third-order valence-electron chi connectivity index (χ3n) is 6.22. The van der Waals surface area contributed by atoms with Gasteiger partial charge >= 0.3 is 6.03 Å². The fraction of sp³-hybridized carbons (Fsp3) is 0.261. The highest BCUT2D eigenvalue weighted by Gasteiger charge is 2.22. The molecule has 0 saturated carbocycles. The van der Waals surface area contributed by atoms with Crippen molar-refractivity contribution in [1.29, 1.82) is 0 Å². The number of carbonyl (C=O) groups excluding carboxylic acids is 1. The predicted molar refractivity (Wildman–Crippen MR) is 135 cm³/mol. The average molecular weight is 507 g/mol. The lowest BCUT2D eigenvalue weighted by Gasteiger charge is -2.34. The van der Waals surface area contributed by atoms with Crippen molar-refractivity contribution in [2.75, 3.05) is 43.8 Å². The second-order valence-electron chi connectivity index (χ2n) is 8.49. The molecule has 1 aliphatic rings. The molecule has 5 aromatic rings. The zero-order valence-corrected chi connectivity index (χ0v) is 20.0. The van der Waals surface area contributed by atoms with E-state index in [1.807, 2.05) is 9.58 Å². The van der Waals surface area contributed by atoms with Crippen molar-refractivity contribution in [2.45, 2.75) is 6.54 Å². The van der Waals surface area contributed by atoms with Crippen molar-refractivity contribution in [3.8, 4) is 11.6 Å². The lowest BCUT2D eigenvalue weighted by Crippen LogP contribution is -2.50. The fourth-order valence-electron chi connectivity index (χ4n) is 4.28. The summed E-state index contributed by atoms with van der Waals surface area (Å²) in [5.41, 5.74) is 8.14. The Labute approximate surface area is 210 Å². The van der Waals surface area contributed by atoms with Gasteiger partial charge in [-0.3, -0.25) is 4.90 Å². The monoisotopic (exact) mass is 506 g/mol. The number of anilines is 2. The van der Waals surface area contributed by atoms with Gasteiger partial charge in [0.25, 0.3) is 0 Å². The Morgan fingerprint density at radius 3 is 2.61 bits per heavy atom. The van der Waals surface area contributed by atoms with Crippen LogP contribution in [0, 0.1) is 0 Å². The number of nitrogen functional groups attached to an aromatic ring is 1. The molecule has 0 aliphatic carbocycles. The Bertz CT molecular complexity index is 1520. The van der Waals surface area contributed by atoms with Gasteiger partial charge in [-0.25, -0.2) is 14.5 Å². The summed E-state index contributed by atoms with van der Waals surface area (Å²) in [6.07, 6.45) is 3.30. The summed E-state index contributed by atoms with van der Waals surface area (Å²) in [4.78, 5) is 25.8. The van der Waals surface area contributed by atoms with Gasteiger partial charge in [-0.15, -0.1) is 5.10 Å². The zero-order chi connectivity index (χ0) is 24.6. The first kappa shape index (κ1) is 22.3. The molecule has 1 aromatic carbocycles. The molecule has 1 fully saturated rings. The number of furan rings is 1. The van der Waals surface area contributed by atoms with Crippen LogP contribution in [0.4, 0.5) is 16.4 Å². The Hall–Kier alpha value is -4.16. The molecule has 13 heteroatoms. The summed E-state index contributed by atoms with van der Waals surface area (Å²) in [7, 11) is 0. The normalized spacial score (nSPS) is 14.6. The Kier molecular flexibility index (Phi) is 5.66. The summed E-state index contributed by atoms with van der Waals surface area (Å²) >= 11 is 5.91. The van der Waals surface area contributed by atoms with E-state index in [0.29, 0.717) is 47.5 Å². The maximum Gasteiger partial charge on any atom is 0.321 e. The molecule has 3 N–H and O–H groups in total. The molecule has 0 spiro atoms. The molecule has 2 amide bonds. The van der Waals surface area contributed by atoms with Crippen molar-refractivity contribution >= 4 is 45.9 Å². The second kappa shape index (κ2) is 9.13. The Morgan fingerprint density at radius 2 is 1.86 bits per heavy atom. The predicted octanol–water partition coefficient (Wildman–Crippen LogP) is 2.82. The van der Waals surface area contributed by atoms with Gasteiger partial charge in [-0.05, 0) is 36.4 Å². The SMILES string of the molecule is Nc1nc2c(cnn2CCN2CCN(C(=O)Nc3ccc(Cl)cc3)CC2)c2nc(-c3ccco3)nn12. The largest absolute Gasteiger partial charge is 0.461 e. The van der Waals surface area contributed by atoms with Crippen LogP contribution in [-0.4, -0.2) is 77.9 Å². The lowest BCUT2D eigenvalue weighted by molar-refractivity contribution is 0.144. The average Bonchev–Trinajstić information content (AvgIpc) is 3.64. The number of aromatic nitrogens is 6. The number of hydrogen-bond donors (Lipinski definition) is 2. The van der Waals surface area contributed by atoms with Gasteiger partial charge in [0.05, 0.1) is 24.4 Å². The molecule has 0 bridgehead atoms. The van der Waals surface area contributed by atoms with Gasteiger partial charge in [-0.1, -0.05) is 11.6 Å². The molecule has 0 atom stereocenters. The minimum atomic E-state index is -0.110. The van der Waals surface area contributed by atoms with Crippen LogP contribution >= 0.6 is 11.6 Å². The van der Waals surface area contributed by atoms with Crippen LogP contribution in [0.2, 0.25) is 5.02 Å². The molecule has 5 heterocycles. The lowest BCUT2D eigenvalue weighted by atomic mass is 10.3.